The highest BCUT2D eigenvalue weighted by Crippen LogP contribution is 2.46. The Kier molecular flexibility index (Phi) is 9.88. The monoisotopic (exact) mass is 590 g/mol. The zero-order valence-corrected chi connectivity index (χ0v) is 22.6. The summed E-state index contributed by atoms with van der Waals surface area (Å²) in [6, 6.07) is 0. The molecule has 2 N–H and O–H groups in total. The number of aliphatic hydroxyl groups excluding tert-OH is 1. The van der Waals surface area contributed by atoms with Gasteiger partial charge in [0.25, 0.3) is 0 Å². The van der Waals surface area contributed by atoms with E-state index in [9.17, 15) is 43.8 Å². The maximum Gasteiger partial charge on any atom is 0.313 e. The van der Waals surface area contributed by atoms with E-state index in [4.69, 9.17) is 33.2 Å². The van der Waals surface area contributed by atoms with Crippen LogP contribution in [0.1, 0.15) is 27.7 Å². The molecule has 0 aromatic carbocycles. The van der Waals surface area contributed by atoms with Gasteiger partial charge in [0.1, 0.15) is 36.9 Å². The average molecular weight is 590 g/mol. The van der Waals surface area contributed by atoms with E-state index in [2.05, 4.69) is 4.74 Å². The fourth-order valence-electron chi connectivity index (χ4n) is 5.22. The minimum atomic E-state index is -1.94. The topological polar surface area (TPSA) is 234 Å². The van der Waals surface area contributed by atoms with Crippen molar-refractivity contribution < 1.29 is 81.7 Å². The zero-order valence-electron chi connectivity index (χ0n) is 22.6. The summed E-state index contributed by atoms with van der Waals surface area (Å²) in [5.41, 5.74) is 0. The van der Waals surface area contributed by atoms with Gasteiger partial charge >= 0.3 is 41.8 Å². The van der Waals surface area contributed by atoms with Gasteiger partial charge in [0.2, 0.25) is 0 Å². The summed E-state index contributed by atoms with van der Waals surface area (Å²) < 4.78 is 42.2. The Balaban J connectivity index is 2.06. The molecule has 11 atom stereocenters. The number of fused-ring (bicyclic) bond motifs is 2. The number of carbonyl (C=O) groups is 7. The molecule has 3 fully saturated rings. The number of ether oxygens (including phenoxy) is 8. The molecule has 228 valence electrons. The van der Waals surface area contributed by atoms with Crippen molar-refractivity contribution in [1.82, 2.24) is 0 Å². The molecule has 0 amide bonds. The first-order valence-electron chi connectivity index (χ1n) is 12.3. The van der Waals surface area contributed by atoms with Crippen LogP contribution in [0.25, 0.3) is 0 Å². The van der Waals surface area contributed by atoms with Crippen LogP contribution in [-0.4, -0.2) is 115 Å². The first-order chi connectivity index (χ1) is 19.2. The Labute approximate surface area is 232 Å². The smallest absolute Gasteiger partial charge is 0.313 e. The molecule has 0 unspecified atom stereocenters. The molecule has 2 bridgehead atoms. The maximum atomic E-state index is 12.6. The van der Waals surface area contributed by atoms with E-state index in [1.54, 1.807) is 0 Å². The largest absolute Gasteiger partial charge is 0.481 e. The quantitative estimate of drug-likeness (QED) is 0.215. The average Bonchev–Trinajstić information content (AvgIpc) is 3.15. The molecule has 0 radical (unpaired) electrons. The van der Waals surface area contributed by atoms with Gasteiger partial charge < -0.3 is 48.1 Å². The number of carbonyl (C=O) groups excluding carboxylic acids is 6. The molecule has 3 aliphatic rings. The number of carboxylic acids is 1. The van der Waals surface area contributed by atoms with Gasteiger partial charge in [0, 0.05) is 27.7 Å². The van der Waals surface area contributed by atoms with Crippen LogP contribution in [-0.2, 0) is 71.5 Å². The molecule has 0 aromatic rings. The van der Waals surface area contributed by atoms with Crippen LogP contribution in [0.3, 0.4) is 0 Å². The first-order valence-corrected chi connectivity index (χ1v) is 12.3. The predicted molar refractivity (Wildman–Crippen MR) is 123 cm³/mol. The molecule has 0 aromatic heterocycles. The standard InChI is InChI=1S/C24H30O17/c1-7(25)35-6-11-16(36-8(2)26)19(37-9(3)27)20(38-10(4)28)24(39-11)41-17-13(21(30)31)12-14(22(32)34-5)18(15(17)29)40-23(12)33/h11-20,24,29H,6H2,1-5H3,(H,30,31)/t11-,12+,13-,14+,15-,16-,17+,18+,19+,20-,24+/m0/s1. The van der Waals surface area contributed by atoms with E-state index in [1.807, 2.05) is 0 Å². The molecular weight excluding hydrogens is 560 g/mol. The summed E-state index contributed by atoms with van der Waals surface area (Å²) in [5.74, 6) is -12.3. The van der Waals surface area contributed by atoms with Crippen molar-refractivity contribution in [3.63, 3.8) is 0 Å². The molecule has 2 saturated heterocycles. The highest BCUT2D eigenvalue weighted by atomic mass is 16.7. The van der Waals surface area contributed by atoms with Crippen LogP contribution in [0.5, 0.6) is 0 Å². The number of hydrogen-bond donors (Lipinski definition) is 2. The molecule has 3 rings (SSSR count). The third-order valence-corrected chi connectivity index (χ3v) is 6.68. The van der Waals surface area contributed by atoms with E-state index in [0.29, 0.717) is 0 Å². The Hall–Kier alpha value is -3.83. The number of carboxylic acid groups (broad SMARTS) is 1. The second kappa shape index (κ2) is 12.8. The highest BCUT2D eigenvalue weighted by molar-refractivity contribution is 5.91. The second-order valence-electron chi connectivity index (χ2n) is 9.50. The Morgan fingerprint density at radius 2 is 1.37 bits per heavy atom. The summed E-state index contributed by atoms with van der Waals surface area (Å²) in [6.07, 6.45) is -13.5. The van der Waals surface area contributed by atoms with E-state index >= 15 is 0 Å². The molecule has 1 saturated carbocycles. The van der Waals surface area contributed by atoms with Crippen molar-refractivity contribution in [2.45, 2.75) is 76.7 Å². The van der Waals surface area contributed by atoms with Crippen LogP contribution in [0.2, 0.25) is 0 Å². The lowest BCUT2D eigenvalue weighted by Gasteiger charge is -2.46. The molecule has 0 spiro atoms. The van der Waals surface area contributed by atoms with Crippen LogP contribution < -0.4 is 0 Å². The summed E-state index contributed by atoms with van der Waals surface area (Å²) in [6.45, 7) is 3.49. The van der Waals surface area contributed by atoms with Crippen molar-refractivity contribution in [2.24, 2.45) is 17.8 Å². The molecule has 1 aliphatic carbocycles. The lowest BCUT2D eigenvalue weighted by Crippen LogP contribution is -2.65. The molecule has 41 heavy (non-hydrogen) atoms. The van der Waals surface area contributed by atoms with E-state index < -0.39 is 115 Å². The van der Waals surface area contributed by atoms with Crippen LogP contribution >= 0.6 is 0 Å². The summed E-state index contributed by atoms with van der Waals surface area (Å²) in [5, 5.41) is 21.1. The summed E-state index contributed by atoms with van der Waals surface area (Å²) in [4.78, 5) is 84.8. The van der Waals surface area contributed by atoms with Crippen LogP contribution in [0.15, 0.2) is 0 Å². The Morgan fingerprint density at radius 3 is 1.88 bits per heavy atom. The number of esters is 6. The normalized spacial score (nSPS) is 35.9. The molecule has 17 heteroatoms. The number of methoxy groups -OCH3 is 1. The first kappa shape index (κ1) is 31.7. The Bertz CT molecular complexity index is 1090. The SMILES string of the molecule is COC(=O)[C@H]1[C@H]2OC(=O)[C@@H]1[C@H](C(=O)O)[C@@H](O[C@H]1O[C@@H](COC(C)=O)[C@H](OC(C)=O)[C@@H](OC(C)=O)[C@@H]1OC(C)=O)[C@@H]2O. The zero-order chi connectivity index (χ0) is 30.8. The van der Waals surface area contributed by atoms with Crippen LogP contribution in [0.4, 0.5) is 0 Å². The van der Waals surface area contributed by atoms with Gasteiger partial charge in [-0.1, -0.05) is 0 Å². The van der Waals surface area contributed by atoms with Gasteiger partial charge in [-0.25, -0.2) is 0 Å². The summed E-state index contributed by atoms with van der Waals surface area (Å²) in [7, 11) is 1.01. The minimum Gasteiger partial charge on any atom is -0.481 e. The van der Waals surface area contributed by atoms with E-state index in [0.717, 1.165) is 34.8 Å². The fraction of sp³-hybridized carbons (Fsp3) is 0.708. The number of hydrogen-bond acceptors (Lipinski definition) is 16. The van der Waals surface area contributed by atoms with E-state index in [1.165, 1.54) is 0 Å². The van der Waals surface area contributed by atoms with Crippen molar-refractivity contribution in [1.29, 1.82) is 0 Å². The summed E-state index contributed by atoms with van der Waals surface area (Å²) >= 11 is 0. The highest BCUT2D eigenvalue weighted by Gasteiger charge is 2.66. The third-order valence-electron chi connectivity index (χ3n) is 6.68. The lowest BCUT2D eigenvalue weighted by molar-refractivity contribution is -0.330. The molecule has 2 heterocycles. The van der Waals surface area contributed by atoms with Crippen molar-refractivity contribution in [2.75, 3.05) is 13.7 Å². The number of aliphatic carboxylic acids is 1. The molecule has 2 aliphatic heterocycles. The van der Waals surface area contributed by atoms with Gasteiger partial charge in [-0.05, 0) is 0 Å². The van der Waals surface area contributed by atoms with Gasteiger partial charge in [-0.3, -0.25) is 33.6 Å². The van der Waals surface area contributed by atoms with Crippen molar-refractivity contribution in [3.05, 3.63) is 0 Å². The second-order valence-corrected chi connectivity index (χ2v) is 9.50. The fourth-order valence-corrected chi connectivity index (χ4v) is 5.22. The Morgan fingerprint density at radius 1 is 0.805 bits per heavy atom. The predicted octanol–water partition coefficient (Wildman–Crippen LogP) is -2.14. The number of aliphatic hydroxyl groups is 1. The maximum absolute atomic E-state index is 12.6. The molecular formula is C24H30O17. The lowest BCUT2D eigenvalue weighted by atomic mass is 9.69. The number of rotatable bonds is 9. The van der Waals surface area contributed by atoms with E-state index in [-0.39, 0.29) is 0 Å². The third kappa shape index (κ3) is 6.74. The van der Waals surface area contributed by atoms with Gasteiger partial charge in [0.15, 0.2) is 24.6 Å². The minimum absolute atomic E-state index is 0.593. The van der Waals surface area contributed by atoms with Crippen LogP contribution in [0, 0.1) is 17.8 Å². The van der Waals surface area contributed by atoms with Gasteiger partial charge in [0.05, 0.1) is 18.9 Å². The van der Waals surface area contributed by atoms with Gasteiger partial charge in [-0.2, -0.15) is 0 Å². The van der Waals surface area contributed by atoms with Crippen molar-refractivity contribution >= 4 is 41.8 Å². The van der Waals surface area contributed by atoms with Crippen molar-refractivity contribution in [3.8, 4) is 0 Å². The molecule has 17 nitrogen and oxygen atoms in total. The van der Waals surface area contributed by atoms with Gasteiger partial charge in [-0.15, -0.1) is 0 Å².